The van der Waals surface area contributed by atoms with Crippen LogP contribution < -0.4 is 14.2 Å². The summed E-state index contributed by atoms with van der Waals surface area (Å²) in [4.78, 5) is 29.3. The number of carbonyl (C=O) groups excluding carboxylic acids is 2. The minimum Gasteiger partial charge on any atom is -0.497 e. The fourth-order valence-corrected chi connectivity index (χ4v) is 7.04. The molecule has 0 bridgehead atoms. The number of hydrogen-bond acceptors (Lipinski definition) is 9. The molecule has 0 radical (unpaired) electrons. The van der Waals surface area contributed by atoms with Gasteiger partial charge in [-0.25, -0.2) is 4.68 Å². The summed E-state index contributed by atoms with van der Waals surface area (Å²) >= 11 is 5.36. The van der Waals surface area contributed by atoms with E-state index in [0.717, 1.165) is 46.5 Å². The first-order valence-corrected chi connectivity index (χ1v) is 18.1. The molecule has 3 aromatic carbocycles. The highest BCUT2D eigenvalue weighted by Crippen LogP contribution is 2.31. The van der Waals surface area contributed by atoms with Crippen molar-refractivity contribution in [3.8, 4) is 28.5 Å². The van der Waals surface area contributed by atoms with Crippen LogP contribution in [0.5, 0.6) is 17.2 Å². The lowest BCUT2D eigenvalue weighted by atomic mass is 9.99. The fourth-order valence-electron chi connectivity index (χ4n) is 5.99. The van der Waals surface area contributed by atoms with Crippen molar-refractivity contribution in [1.82, 2.24) is 19.9 Å². The lowest BCUT2D eigenvalue weighted by Gasteiger charge is -2.25. The van der Waals surface area contributed by atoms with Crippen molar-refractivity contribution in [2.24, 2.45) is 13.0 Å². The molecule has 0 unspecified atom stereocenters. The zero-order valence-electron chi connectivity index (χ0n) is 28.3. The zero-order chi connectivity index (χ0) is 34.8. The van der Waals surface area contributed by atoms with Crippen LogP contribution in [0, 0.1) is 5.92 Å². The molecule has 10 nitrogen and oxygen atoms in total. The maximum atomic E-state index is 13.9. The molecule has 0 spiro atoms. The van der Waals surface area contributed by atoms with Crippen LogP contribution in [0.3, 0.4) is 0 Å². The highest BCUT2D eigenvalue weighted by Gasteiger charge is 2.31. The number of amides is 1. The Kier molecular flexibility index (Phi) is 12.6. The van der Waals surface area contributed by atoms with Crippen LogP contribution in [-0.2, 0) is 62.0 Å². The van der Waals surface area contributed by atoms with E-state index in [1.807, 2.05) is 86.8 Å². The highest BCUT2D eigenvalue weighted by atomic mass is 32.8. The molecule has 5 rings (SSSR count). The number of ether oxygens (including phenoxy) is 4. The second-order valence-electron chi connectivity index (χ2n) is 11.9. The Morgan fingerprint density at radius 3 is 2.45 bits per heavy atom. The van der Waals surface area contributed by atoms with Gasteiger partial charge >= 0.3 is 5.97 Å². The highest BCUT2D eigenvalue weighted by molar-refractivity contribution is 8.17. The van der Waals surface area contributed by atoms with Gasteiger partial charge in [0.05, 0.1) is 45.4 Å². The number of aryl methyl sites for hydroxylation is 1. The average Bonchev–Trinajstić information content (AvgIpc) is 3.35. The second-order valence-corrected chi connectivity index (χ2v) is 13.0. The largest absolute Gasteiger partial charge is 0.497 e. The number of carbonyl (C=O) groups is 2. The molecule has 1 aliphatic carbocycles. The third kappa shape index (κ3) is 9.12. The minimum atomic E-state index is -0.295. The lowest BCUT2D eigenvalue weighted by molar-refractivity contribution is -0.148. The van der Waals surface area contributed by atoms with Crippen molar-refractivity contribution >= 4 is 37.8 Å². The number of esters is 1. The van der Waals surface area contributed by atoms with Crippen molar-refractivity contribution in [2.45, 2.75) is 58.2 Å². The first kappa shape index (κ1) is 35.7. The molecule has 1 amide bonds. The summed E-state index contributed by atoms with van der Waals surface area (Å²) in [6, 6.07) is 22.9. The van der Waals surface area contributed by atoms with Gasteiger partial charge in [-0.1, -0.05) is 45.5 Å². The topological polar surface area (TPSA) is 105 Å². The average molecular weight is 703 g/mol. The van der Waals surface area contributed by atoms with Gasteiger partial charge in [0.25, 0.3) is 0 Å². The molecule has 1 aromatic heterocycles. The molecule has 0 N–H and O–H groups in total. The summed E-state index contributed by atoms with van der Waals surface area (Å²) in [5, 5.41) is 8.83. The fraction of sp³-hybridized carbons (Fsp3) is 0.378. The van der Waals surface area contributed by atoms with Gasteiger partial charge in [0.1, 0.15) is 29.0 Å². The maximum absolute atomic E-state index is 13.9. The summed E-state index contributed by atoms with van der Waals surface area (Å²) in [7, 11) is 6.32. The van der Waals surface area contributed by atoms with Crippen LogP contribution >= 0.6 is 0 Å². The second kappa shape index (κ2) is 17.2. The van der Waals surface area contributed by atoms with Crippen molar-refractivity contribution in [2.75, 3.05) is 20.8 Å². The van der Waals surface area contributed by atoms with Crippen molar-refractivity contribution in [3.63, 3.8) is 0 Å². The predicted molar refractivity (Wildman–Crippen MR) is 193 cm³/mol. The minimum absolute atomic E-state index is 0.0452. The first-order chi connectivity index (χ1) is 23.8. The summed E-state index contributed by atoms with van der Waals surface area (Å²) in [6.45, 7) is 2.75. The number of methoxy groups -OCH3 is 2. The third-order valence-electron chi connectivity index (χ3n) is 8.66. The van der Waals surface area contributed by atoms with Gasteiger partial charge in [-0.05, 0) is 79.3 Å². The Morgan fingerprint density at radius 2 is 1.76 bits per heavy atom. The van der Waals surface area contributed by atoms with E-state index in [2.05, 4.69) is 10.3 Å². The van der Waals surface area contributed by atoms with Crippen LogP contribution in [0.4, 0.5) is 0 Å². The molecule has 258 valence electrons. The van der Waals surface area contributed by atoms with Gasteiger partial charge in [-0.2, -0.15) is 0 Å². The van der Waals surface area contributed by atoms with E-state index in [1.54, 1.807) is 23.8 Å². The zero-order valence-corrected chi connectivity index (χ0v) is 29.9. The number of rotatable bonds is 13. The molecule has 0 aliphatic heterocycles. The van der Waals surface area contributed by atoms with Crippen LogP contribution in [0.1, 0.15) is 49.4 Å². The van der Waals surface area contributed by atoms with Gasteiger partial charge in [-0.3, -0.25) is 9.59 Å². The first-order valence-electron chi connectivity index (χ1n) is 16.3. The maximum Gasteiger partial charge on any atom is 0.309 e. The van der Waals surface area contributed by atoms with E-state index in [-0.39, 0.29) is 36.9 Å². The van der Waals surface area contributed by atoms with Gasteiger partial charge in [0.15, 0.2) is 0 Å². The molecule has 1 fully saturated rings. The molecular weight excluding hydrogens is 661 g/mol. The Hall–Kier alpha value is -4.55. The monoisotopic (exact) mass is 702 g/mol. The number of benzene rings is 3. The molecule has 1 aliphatic rings. The summed E-state index contributed by atoms with van der Waals surface area (Å²) in [6.07, 6.45) is 2.90. The molecular formula is C37H42N4O6S2. The Bertz CT molecular complexity index is 1790. The Morgan fingerprint density at radius 1 is 1.00 bits per heavy atom. The summed E-state index contributed by atoms with van der Waals surface area (Å²) in [5.74, 6) is 1.51. The van der Waals surface area contributed by atoms with E-state index < -0.39 is 0 Å². The van der Waals surface area contributed by atoms with E-state index in [0.29, 0.717) is 42.5 Å². The summed E-state index contributed by atoms with van der Waals surface area (Å²) < 4.78 is 24.5. The smallest absolute Gasteiger partial charge is 0.309 e. The van der Waals surface area contributed by atoms with Crippen LogP contribution in [0.2, 0.25) is 0 Å². The van der Waals surface area contributed by atoms with Crippen molar-refractivity contribution in [1.29, 1.82) is 0 Å². The molecule has 1 saturated carbocycles. The molecule has 1 heterocycles. The van der Waals surface area contributed by atoms with Gasteiger partial charge in [0.2, 0.25) is 5.91 Å². The SMILES string of the molecule is CCOC(=O)[C@H]1CCCC(=S=S)[C@H](Oc2ccc(-c3nnn(C)c3CN(Cc3ccc(OC)cc3OC)C(=O)Cc3ccccc3)cc2)C1. The van der Waals surface area contributed by atoms with Crippen molar-refractivity contribution in [3.05, 3.63) is 89.6 Å². The van der Waals surface area contributed by atoms with Gasteiger partial charge in [-0.15, -0.1) is 5.10 Å². The summed E-state index contributed by atoms with van der Waals surface area (Å²) in [5.41, 5.74) is 4.05. The Labute approximate surface area is 295 Å². The molecule has 0 saturated heterocycles. The van der Waals surface area contributed by atoms with E-state index >= 15 is 0 Å². The van der Waals surface area contributed by atoms with Crippen LogP contribution in [0.15, 0.2) is 72.8 Å². The molecule has 49 heavy (non-hydrogen) atoms. The quantitative estimate of drug-likeness (QED) is 0.102. The number of hydrogen-bond donors (Lipinski definition) is 0. The third-order valence-corrected chi connectivity index (χ3v) is 9.98. The van der Waals surface area contributed by atoms with E-state index in [9.17, 15) is 9.59 Å². The van der Waals surface area contributed by atoms with Crippen molar-refractivity contribution < 1.29 is 28.5 Å². The number of aromatic nitrogens is 3. The standard InChI is InChI=1S/C37H42N4O6S2/c1-5-46-37(43)27-12-9-13-34(49-48)33(21-27)47-29-17-14-26(15-18-29)36-31(40(2)39-38-36)24-41(35(42)20-25-10-7-6-8-11-25)23-28-16-19-30(44-3)22-32(28)45-4/h6-8,10-11,14-19,22,27,33H,5,9,12-13,20-21,23-24H2,1-4H3/t27-,33+/m0/s1. The van der Waals surface area contributed by atoms with Crippen LogP contribution in [0.25, 0.3) is 11.3 Å². The normalized spacial score (nSPS) is 16.0. The van der Waals surface area contributed by atoms with Gasteiger partial charge < -0.3 is 23.8 Å². The predicted octanol–water partition coefficient (Wildman–Crippen LogP) is 5.49. The van der Waals surface area contributed by atoms with E-state index in [1.165, 1.54) is 9.91 Å². The lowest BCUT2D eigenvalue weighted by Crippen LogP contribution is -2.32. The molecule has 2 atom stereocenters. The molecule has 4 aromatic rings. The molecule has 12 heteroatoms. The van der Waals surface area contributed by atoms with Gasteiger partial charge in [0, 0.05) is 42.1 Å². The number of nitrogens with zero attached hydrogens (tertiary/aromatic N) is 4. The van der Waals surface area contributed by atoms with E-state index in [4.69, 9.17) is 30.1 Å². The Balaban J connectivity index is 1.39. The van der Waals surface area contributed by atoms with Crippen LogP contribution in [-0.4, -0.2) is 63.6 Å².